The average molecular weight is 293 g/mol. The topological polar surface area (TPSA) is 52.3 Å². The van der Waals surface area contributed by atoms with Crippen molar-refractivity contribution in [3.63, 3.8) is 0 Å². The van der Waals surface area contributed by atoms with Gasteiger partial charge in [-0.3, -0.25) is 4.21 Å². The molecule has 0 saturated carbocycles. The molecule has 106 valence electrons. The first-order valence-corrected chi connectivity index (χ1v) is 7.40. The van der Waals surface area contributed by atoms with Crippen molar-refractivity contribution in [2.75, 3.05) is 12.8 Å². The number of methoxy groups -OCH3 is 1. The third kappa shape index (κ3) is 2.99. The summed E-state index contributed by atoms with van der Waals surface area (Å²) in [6.45, 7) is 1.91. The first-order valence-electron chi connectivity index (χ1n) is 6.09. The fourth-order valence-electron chi connectivity index (χ4n) is 1.92. The molecule has 0 radical (unpaired) electrons. The molecular weight excluding hydrogens is 277 g/mol. The highest BCUT2D eigenvalue weighted by atomic mass is 32.2. The lowest BCUT2D eigenvalue weighted by molar-refractivity contribution is 0.385. The minimum atomic E-state index is -1.40. The summed E-state index contributed by atoms with van der Waals surface area (Å²) >= 11 is 0. The van der Waals surface area contributed by atoms with Crippen molar-refractivity contribution in [1.29, 1.82) is 0 Å². The van der Waals surface area contributed by atoms with Crippen molar-refractivity contribution in [2.24, 2.45) is 0 Å². The Morgan fingerprint density at radius 3 is 2.70 bits per heavy atom. The molecule has 0 bridgehead atoms. The van der Waals surface area contributed by atoms with E-state index in [0.717, 1.165) is 5.56 Å². The smallest absolute Gasteiger partial charge is 0.169 e. The standard InChI is InChI=1S/C15H16FNO2S/c1-10-6-7-14(12(17)8-10)20(18)9-11-4-3-5-13(19-2)15(11)16/h3-8H,9,17H2,1-2H3. The first kappa shape index (κ1) is 14.5. The molecule has 2 aromatic rings. The van der Waals surface area contributed by atoms with Crippen molar-refractivity contribution in [2.45, 2.75) is 17.6 Å². The summed E-state index contributed by atoms with van der Waals surface area (Å²) in [5.74, 6) is -0.263. The van der Waals surface area contributed by atoms with Gasteiger partial charge in [0, 0.05) is 11.3 Å². The Morgan fingerprint density at radius 2 is 2.05 bits per heavy atom. The van der Waals surface area contributed by atoms with Gasteiger partial charge in [0.2, 0.25) is 0 Å². The zero-order valence-electron chi connectivity index (χ0n) is 11.4. The van der Waals surface area contributed by atoms with Gasteiger partial charge >= 0.3 is 0 Å². The number of anilines is 1. The van der Waals surface area contributed by atoms with Crippen LogP contribution in [0.25, 0.3) is 0 Å². The Hall–Kier alpha value is -1.88. The molecular formula is C15H16FNO2S. The van der Waals surface area contributed by atoms with Crippen LogP contribution >= 0.6 is 0 Å². The predicted octanol–water partition coefficient (Wildman–Crippen LogP) is 3.03. The van der Waals surface area contributed by atoms with Gasteiger partial charge in [-0.15, -0.1) is 0 Å². The van der Waals surface area contributed by atoms with Gasteiger partial charge in [0.25, 0.3) is 0 Å². The average Bonchev–Trinajstić information content (AvgIpc) is 2.41. The quantitative estimate of drug-likeness (QED) is 0.882. The van der Waals surface area contributed by atoms with Gasteiger partial charge in [-0.2, -0.15) is 0 Å². The maximum absolute atomic E-state index is 14.0. The van der Waals surface area contributed by atoms with Crippen molar-refractivity contribution in [1.82, 2.24) is 0 Å². The Labute approximate surface area is 120 Å². The van der Waals surface area contributed by atoms with E-state index in [1.54, 1.807) is 24.3 Å². The van der Waals surface area contributed by atoms with Crippen molar-refractivity contribution in [3.05, 3.63) is 53.3 Å². The van der Waals surface area contributed by atoms with E-state index in [1.165, 1.54) is 13.2 Å². The van der Waals surface area contributed by atoms with Crippen LogP contribution in [0.1, 0.15) is 11.1 Å². The Morgan fingerprint density at radius 1 is 1.30 bits per heavy atom. The third-order valence-electron chi connectivity index (χ3n) is 2.96. The third-order valence-corrected chi connectivity index (χ3v) is 4.40. The fourth-order valence-corrected chi connectivity index (χ4v) is 3.12. The van der Waals surface area contributed by atoms with Crippen LogP contribution in [0.2, 0.25) is 0 Å². The number of halogens is 1. The largest absolute Gasteiger partial charge is 0.494 e. The summed E-state index contributed by atoms with van der Waals surface area (Å²) in [5.41, 5.74) is 7.67. The SMILES string of the molecule is COc1cccc(CS(=O)c2ccc(C)cc2N)c1F. The summed E-state index contributed by atoms with van der Waals surface area (Å²) < 4.78 is 31.3. The molecule has 0 aromatic heterocycles. The fraction of sp³-hybridized carbons (Fsp3) is 0.200. The van der Waals surface area contributed by atoms with Crippen molar-refractivity contribution in [3.8, 4) is 5.75 Å². The van der Waals surface area contributed by atoms with Gasteiger partial charge in [0.15, 0.2) is 11.6 Å². The van der Waals surface area contributed by atoms with Crippen LogP contribution in [-0.2, 0) is 16.6 Å². The highest BCUT2D eigenvalue weighted by Gasteiger charge is 2.14. The minimum Gasteiger partial charge on any atom is -0.494 e. The Kier molecular flexibility index (Phi) is 4.39. The lowest BCUT2D eigenvalue weighted by Crippen LogP contribution is -2.03. The first-order chi connectivity index (χ1) is 9.52. The zero-order valence-corrected chi connectivity index (χ0v) is 12.2. The summed E-state index contributed by atoms with van der Waals surface area (Å²) in [5, 5.41) is 0. The van der Waals surface area contributed by atoms with E-state index >= 15 is 0 Å². The highest BCUT2D eigenvalue weighted by molar-refractivity contribution is 7.84. The van der Waals surface area contributed by atoms with E-state index in [9.17, 15) is 8.60 Å². The Bertz CT molecular complexity index is 658. The molecule has 0 spiro atoms. The molecule has 3 nitrogen and oxygen atoms in total. The molecule has 1 unspecified atom stereocenters. The monoisotopic (exact) mass is 293 g/mol. The molecule has 0 aliphatic heterocycles. The number of hydrogen-bond donors (Lipinski definition) is 1. The molecule has 0 heterocycles. The van der Waals surface area contributed by atoms with Crippen LogP contribution in [0.15, 0.2) is 41.3 Å². The molecule has 20 heavy (non-hydrogen) atoms. The molecule has 0 aliphatic carbocycles. The molecule has 5 heteroatoms. The maximum Gasteiger partial charge on any atom is 0.169 e. The highest BCUT2D eigenvalue weighted by Crippen LogP contribution is 2.25. The summed E-state index contributed by atoms with van der Waals surface area (Å²) in [7, 11) is 0.00460. The van der Waals surface area contributed by atoms with Gasteiger partial charge < -0.3 is 10.5 Å². The van der Waals surface area contributed by atoms with Crippen LogP contribution in [0.5, 0.6) is 5.75 Å². The van der Waals surface area contributed by atoms with Crippen LogP contribution in [0.3, 0.4) is 0 Å². The van der Waals surface area contributed by atoms with Gasteiger partial charge in [-0.25, -0.2) is 4.39 Å². The normalized spacial score (nSPS) is 12.2. The summed E-state index contributed by atoms with van der Waals surface area (Å²) in [6, 6.07) is 10.1. The van der Waals surface area contributed by atoms with Crippen LogP contribution in [-0.4, -0.2) is 11.3 Å². The number of hydrogen-bond acceptors (Lipinski definition) is 3. The lowest BCUT2D eigenvalue weighted by atomic mass is 10.2. The van der Waals surface area contributed by atoms with E-state index < -0.39 is 16.6 Å². The van der Waals surface area contributed by atoms with Gasteiger partial charge in [-0.05, 0) is 30.7 Å². The predicted molar refractivity (Wildman–Crippen MR) is 78.7 cm³/mol. The number of benzene rings is 2. The number of nitrogen functional groups attached to an aromatic ring is 1. The second-order valence-electron chi connectivity index (χ2n) is 4.46. The molecule has 2 aromatic carbocycles. The number of ether oxygens (including phenoxy) is 1. The second-order valence-corrected chi connectivity index (χ2v) is 5.88. The molecule has 2 N–H and O–H groups in total. The van der Waals surface area contributed by atoms with E-state index in [0.29, 0.717) is 16.1 Å². The van der Waals surface area contributed by atoms with Gasteiger partial charge in [0.1, 0.15) is 0 Å². The molecule has 1 atom stereocenters. The van der Waals surface area contributed by atoms with Gasteiger partial charge in [-0.1, -0.05) is 18.2 Å². The number of nitrogens with two attached hydrogens (primary N) is 1. The van der Waals surface area contributed by atoms with E-state index in [2.05, 4.69) is 0 Å². The second kappa shape index (κ2) is 6.05. The molecule has 0 saturated heterocycles. The zero-order chi connectivity index (χ0) is 14.7. The van der Waals surface area contributed by atoms with Crippen molar-refractivity contribution < 1.29 is 13.3 Å². The van der Waals surface area contributed by atoms with Gasteiger partial charge in [0.05, 0.1) is 28.6 Å². The number of rotatable bonds is 4. The minimum absolute atomic E-state index is 0.0658. The lowest BCUT2D eigenvalue weighted by Gasteiger charge is -2.09. The Balaban J connectivity index is 2.28. The number of aryl methyl sites for hydroxylation is 1. The molecule has 0 amide bonds. The molecule has 0 aliphatic rings. The van der Waals surface area contributed by atoms with E-state index in [1.807, 2.05) is 13.0 Å². The summed E-state index contributed by atoms with van der Waals surface area (Å²) in [4.78, 5) is 0.526. The van der Waals surface area contributed by atoms with E-state index in [-0.39, 0.29) is 11.5 Å². The molecule has 2 rings (SSSR count). The molecule has 0 fully saturated rings. The van der Waals surface area contributed by atoms with Crippen LogP contribution in [0, 0.1) is 12.7 Å². The maximum atomic E-state index is 14.0. The summed E-state index contributed by atoms with van der Waals surface area (Å²) in [6.07, 6.45) is 0. The van der Waals surface area contributed by atoms with Crippen LogP contribution in [0.4, 0.5) is 10.1 Å². The van der Waals surface area contributed by atoms with Crippen LogP contribution < -0.4 is 10.5 Å². The van der Waals surface area contributed by atoms with Crippen molar-refractivity contribution >= 4 is 16.5 Å². The van der Waals surface area contributed by atoms with E-state index in [4.69, 9.17) is 10.5 Å².